The van der Waals surface area contributed by atoms with Crippen LogP contribution in [0.3, 0.4) is 0 Å². The summed E-state index contributed by atoms with van der Waals surface area (Å²) in [7, 11) is 2.09. The van der Waals surface area contributed by atoms with Crippen molar-refractivity contribution < 1.29 is 4.74 Å². The molecule has 2 N–H and O–H groups in total. The average molecular weight is 222 g/mol. The third kappa shape index (κ3) is 4.75. The lowest BCUT2D eigenvalue weighted by Crippen LogP contribution is -2.36. The molecule has 3 nitrogen and oxygen atoms in total. The molecule has 0 aliphatic carbocycles. The van der Waals surface area contributed by atoms with Crippen LogP contribution in [0.4, 0.5) is 0 Å². The Balaban J connectivity index is 2.37. The van der Waals surface area contributed by atoms with E-state index in [1.54, 1.807) is 0 Å². The van der Waals surface area contributed by atoms with E-state index in [0.717, 1.165) is 19.7 Å². The van der Waals surface area contributed by atoms with Crippen molar-refractivity contribution >= 4 is 0 Å². The molecule has 0 amide bonds. The predicted octanol–water partition coefficient (Wildman–Crippen LogP) is 1.48. The Labute approximate surface area is 98.2 Å². The van der Waals surface area contributed by atoms with E-state index in [9.17, 15) is 0 Å². The molecule has 0 spiro atoms. The summed E-state index contributed by atoms with van der Waals surface area (Å²) in [6.07, 6.45) is 0.138. The molecule has 3 heteroatoms. The average Bonchev–Trinajstić information content (AvgIpc) is 2.29. The van der Waals surface area contributed by atoms with Crippen LogP contribution in [0.5, 0.6) is 0 Å². The first-order valence-corrected chi connectivity index (χ1v) is 5.80. The van der Waals surface area contributed by atoms with Crippen LogP contribution in [0, 0.1) is 0 Å². The summed E-state index contributed by atoms with van der Waals surface area (Å²) in [6.45, 7) is 5.11. The van der Waals surface area contributed by atoms with E-state index >= 15 is 0 Å². The molecule has 1 unspecified atom stereocenters. The second-order valence-electron chi connectivity index (χ2n) is 4.00. The highest BCUT2D eigenvalue weighted by molar-refractivity contribution is 5.14. The van der Waals surface area contributed by atoms with Gasteiger partial charge >= 0.3 is 0 Å². The van der Waals surface area contributed by atoms with E-state index in [2.05, 4.69) is 36.2 Å². The van der Waals surface area contributed by atoms with Crippen LogP contribution in [-0.4, -0.2) is 37.7 Å². The summed E-state index contributed by atoms with van der Waals surface area (Å²) in [5, 5.41) is 0. The molecule has 0 saturated heterocycles. The zero-order valence-corrected chi connectivity index (χ0v) is 10.2. The molecular weight excluding hydrogens is 200 g/mol. The maximum Gasteiger partial charge on any atom is 0.0823 e. The van der Waals surface area contributed by atoms with Crippen LogP contribution in [-0.2, 0) is 11.3 Å². The second-order valence-corrected chi connectivity index (χ2v) is 4.00. The second kappa shape index (κ2) is 7.39. The molecule has 0 saturated carbocycles. The van der Waals surface area contributed by atoms with Gasteiger partial charge in [0.2, 0.25) is 0 Å². The fraction of sp³-hybridized carbons (Fsp3) is 0.538. The third-order valence-electron chi connectivity index (χ3n) is 2.48. The SMILES string of the molecule is CCOC(CN)CN(C)Cc1ccccc1. The summed E-state index contributed by atoms with van der Waals surface area (Å²) in [6, 6.07) is 10.4. The van der Waals surface area contributed by atoms with Crippen molar-refractivity contribution in [1.82, 2.24) is 4.90 Å². The summed E-state index contributed by atoms with van der Waals surface area (Å²) in [5.74, 6) is 0. The van der Waals surface area contributed by atoms with Gasteiger partial charge in [-0.3, -0.25) is 4.90 Å². The van der Waals surface area contributed by atoms with Gasteiger partial charge in [-0.05, 0) is 19.5 Å². The van der Waals surface area contributed by atoms with E-state index in [1.807, 2.05) is 13.0 Å². The monoisotopic (exact) mass is 222 g/mol. The first kappa shape index (κ1) is 13.2. The topological polar surface area (TPSA) is 38.5 Å². The van der Waals surface area contributed by atoms with Crippen molar-refractivity contribution in [2.45, 2.75) is 19.6 Å². The normalized spacial score (nSPS) is 13.0. The Hall–Kier alpha value is -0.900. The molecule has 0 aliphatic rings. The standard InChI is InChI=1S/C13H22N2O/c1-3-16-13(9-14)11-15(2)10-12-7-5-4-6-8-12/h4-8,13H,3,9-11,14H2,1-2H3. The largest absolute Gasteiger partial charge is 0.376 e. The Morgan fingerprint density at radius 2 is 2.00 bits per heavy atom. The van der Waals surface area contributed by atoms with Crippen molar-refractivity contribution in [2.75, 3.05) is 26.7 Å². The van der Waals surface area contributed by atoms with Crippen molar-refractivity contribution in [3.05, 3.63) is 35.9 Å². The lowest BCUT2D eigenvalue weighted by molar-refractivity contribution is 0.0437. The molecule has 0 radical (unpaired) electrons. The van der Waals surface area contributed by atoms with Gasteiger partial charge in [0.05, 0.1) is 6.10 Å². The number of nitrogens with two attached hydrogens (primary N) is 1. The van der Waals surface area contributed by atoms with E-state index in [1.165, 1.54) is 5.56 Å². The van der Waals surface area contributed by atoms with Crippen LogP contribution in [0.25, 0.3) is 0 Å². The van der Waals surface area contributed by atoms with Crippen molar-refractivity contribution in [2.24, 2.45) is 5.73 Å². The number of likely N-dealkylation sites (N-methyl/N-ethyl adjacent to an activating group) is 1. The summed E-state index contributed by atoms with van der Waals surface area (Å²) < 4.78 is 5.53. The number of ether oxygens (including phenoxy) is 1. The first-order valence-electron chi connectivity index (χ1n) is 5.80. The Morgan fingerprint density at radius 3 is 2.56 bits per heavy atom. The summed E-state index contributed by atoms with van der Waals surface area (Å²) in [4.78, 5) is 2.24. The van der Waals surface area contributed by atoms with Gasteiger partial charge in [0, 0.05) is 26.2 Å². The van der Waals surface area contributed by atoms with Crippen LogP contribution < -0.4 is 5.73 Å². The lowest BCUT2D eigenvalue weighted by Gasteiger charge is -2.22. The maximum absolute atomic E-state index is 5.65. The smallest absolute Gasteiger partial charge is 0.0823 e. The molecule has 1 aromatic carbocycles. The van der Waals surface area contributed by atoms with Gasteiger partial charge < -0.3 is 10.5 Å². The highest BCUT2D eigenvalue weighted by Gasteiger charge is 2.09. The van der Waals surface area contributed by atoms with Crippen LogP contribution in [0.1, 0.15) is 12.5 Å². The molecule has 0 heterocycles. The van der Waals surface area contributed by atoms with Gasteiger partial charge in [0.1, 0.15) is 0 Å². The molecule has 1 atom stereocenters. The van der Waals surface area contributed by atoms with Gasteiger partial charge in [0.15, 0.2) is 0 Å². The van der Waals surface area contributed by atoms with Crippen molar-refractivity contribution in [3.63, 3.8) is 0 Å². The van der Waals surface area contributed by atoms with E-state index in [-0.39, 0.29) is 6.10 Å². The van der Waals surface area contributed by atoms with Gasteiger partial charge in [-0.15, -0.1) is 0 Å². The molecule has 16 heavy (non-hydrogen) atoms. The summed E-state index contributed by atoms with van der Waals surface area (Å²) >= 11 is 0. The highest BCUT2D eigenvalue weighted by atomic mass is 16.5. The highest BCUT2D eigenvalue weighted by Crippen LogP contribution is 2.03. The van der Waals surface area contributed by atoms with Crippen molar-refractivity contribution in [1.29, 1.82) is 0 Å². The fourth-order valence-electron chi connectivity index (χ4n) is 1.74. The zero-order chi connectivity index (χ0) is 11.8. The number of hydrogen-bond acceptors (Lipinski definition) is 3. The van der Waals surface area contributed by atoms with Crippen LogP contribution in [0.15, 0.2) is 30.3 Å². The number of hydrogen-bond donors (Lipinski definition) is 1. The third-order valence-corrected chi connectivity index (χ3v) is 2.48. The molecular formula is C13H22N2O. The molecule has 1 rings (SSSR count). The Bertz CT molecular complexity index is 277. The Kier molecular flexibility index (Phi) is 6.08. The van der Waals surface area contributed by atoms with E-state index in [4.69, 9.17) is 10.5 Å². The quantitative estimate of drug-likeness (QED) is 0.759. The summed E-state index contributed by atoms with van der Waals surface area (Å²) in [5.41, 5.74) is 6.97. The molecule has 0 fully saturated rings. The maximum atomic E-state index is 5.65. The minimum Gasteiger partial charge on any atom is -0.376 e. The van der Waals surface area contributed by atoms with Gasteiger partial charge in [0.25, 0.3) is 0 Å². The molecule has 0 aliphatic heterocycles. The Morgan fingerprint density at radius 1 is 1.31 bits per heavy atom. The van der Waals surface area contributed by atoms with Crippen LogP contribution in [0.2, 0.25) is 0 Å². The van der Waals surface area contributed by atoms with Crippen LogP contribution >= 0.6 is 0 Å². The van der Waals surface area contributed by atoms with Gasteiger partial charge in [-0.25, -0.2) is 0 Å². The van der Waals surface area contributed by atoms with Gasteiger partial charge in [-0.1, -0.05) is 30.3 Å². The molecule has 0 bridgehead atoms. The lowest BCUT2D eigenvalue weighted by atomic mass is 10.2. The zero-order valence-electron chi connectivity index (χ0n) is 10.2. The van der Waals surface area contributed by atoms with E-state index in [0.29, 0.717) is 6.54 Å². The molecule has 0 aromatic heterocycles. The number of nitrogens with zero attached hydrogens (tertiary/aromatic N) is 1. The van der Waals surface area contributed by atoms with Crippen molar-refractivity contribution in [3.8, 4) is 0 Å². The minimum absolute atomic E-state index is 0.138. The predicted molar refractivity (Wildman–Crippen MR) is 67.2 cm³/mol. The molecule has 90 valence electrons. The number of rotatable bonds is 7. The van der Waals surface area contributed by atoms with E-state index < -0.39 is 0 Å². The van der Waals surface area contributed by atoms with Gasteiger partial charge in [-0.2, -0.15) is 0 Å². The number of benzene rings is 1. The first-order chi connectivity index (χ1) is 7.76. The molecule has 1 aromatic rings. The fourth-order valence-corrected chi connectivity index (χ4v) is 1.74. The minimum atomic E-state index is 0.138.